The molecule has 2 aromatic carbocycles. The van der Waals surface area contributed by atoms with E-state index in [1.54, 1.807) is 0 Å². The summed E-state index contributed by atoms with van der Waals surface area (Å²) in [6.07, 6.45) is 8.80. The first-order chi connectivity index (χ1) is 19.7. The molecule has 6 nitrogen and oxygen atoms in total. The number of carbonyl (C=O) groups excluding carboxylic acids is 1. The van der Waals surface area contributed by atoms with E-state index in [2.05, 4.69) is 51.4 Å². The number of hydrogen-bond donors (Lipinski definition) is 1. The van der Waals surface area contributed by atoms with E-state index in [1.807, 2.05) is 59.6 Å². The fourth-order valence-corrected chi connectivity index (χ4v) is 6.50. The van der Waals surface area contributed by atoms with Crippen molar-refractivity contribution in [2.24, 2.45) is 0 Å². The van der Waals surface area contributed by atoms with E-state index in [0.717, 1.165) is 60.7 Å². The summed E-state index contributed by atoms with van der Waals surface area (Å²) in [5.41, 5.74) is 5.88. The highest BCUT2D eigenvalue weighted by Gasteiger charge is 2.37. The van der Waals surface area contributed by atoms with Crippen molar-refractivity contribution in [1.29, 1.82) is 0 Å². The van der Waals surface area contributed by atoms with Gasteiger partial charge in [0.15, 0.2) is 0 Å². The number of aromatic nitrogens is 2. The Morgan fingerprint density at radius 3 is 2.62 bits per heavy atom. The van der Waals surface area contributed by atoms with Crippen LogP contribution in [-0.4, -0.2) is 57.5 Å². The molecule has 7 heteroatoms. The highest BCUT2D eigenvalue weighted by molar-refractivity contribution is 6.31. The van der Waals surface area contributed by atoms with Crippen molar-refractivity contribution < 1.29 is 4.79 Å². The lowest BCUT2D eigenvalue weighted by atomic mass is 9.95. The number of benzene rings is 2. The van der Waals surface area contributed by atoms with Crippen LogP contribution < -0.4 is 5.32 Å². The lowest BCUT2D eigenvalue weighted by Crippen LogP contribution is -2.58. The molecule has 4 aromatic rings. The van der Waals surface area contributed by atoms with E-state index in [9.17, 15) is 4.79 Å². The third kappa shape index (κ3) is 5.85. The van der Waals surface area contributed by atoms with E-state index in [1.165, 1.54) is 11.1 Å². The molecule has 1 aliphatic carbocycles. The summed E-state index contributed by atoms with van der Waals surface area (Å²) in [6.45, 7) is 4.35. The summed E-state index contributed by atoms with van der Waals surface area (Å²) in [5, 5.41) is 4.32. The molecule has 1 fully saturated rings. The molecule has 2 atom stereocenters. The maximum absolute atomic E-state index is 14.1. The molecule has 1 amide bonds. The normalized spacial score (nSPS) is 18.9. The van der Waals surface area contributed by atoms with Gasteiger partial charge in [0.2, 0.25) is 5.91 Å². The Bertz CT molecular complexity index is 1420. The summed E-state index contributed by atoms with van der Waals surface area (Å²) in [4.78, 5) is 23.5. The monoisotopic (exact) mass is 553 g/mol. The van der Waals surface area contributed by atoms with Crippen LogP contribution in [0, 0.1) is 0 Å². The lowest BCUT2D eigenvalue weighted by molar-refractivity contribution is -0.135. The van der Waals surface area contributed by atoms with Gasteiger partial charge < -0.3 is 14.8 Å². The van der Waals surface area contributed by atoms with Crippen molar-refractivity contribution in [3.63, 3.8) is 0 Å². The maximum Gasteiger partial charge on any atom is 0.241 e. The number of aryl methyl sites for hydroxylation is 3. The van der Waals surface area contributed by atoms with Crippen LogP contribution in [-0.2, 0) is 30.7 Å². The Morgan fingerprint density at radius 2 is 1.77 bits per heavy atom. The smallest absolute Gasteiger partial charge is 0.241 e. The Morgan fingerprint density at radius 1 is 0.975 bits per heavy atom. The molecule has 2 aromatic heterocycles. The topological polar surface area (TPSA) is 53.4 Å². The summed E-state index contributed by atoms with van der Waals surface area (Å²) < 4.78 is 2.17. The second-order valence-corrected chi connectivity index (χ2v) is 11.2. The number of fused-ring (bicyclic) bond motifs is 2. The predicted octanol–water partition coefficient (Wildman–Crippen LogP) is 5.12. The molecule has 0 radical (unpaired) electrons. The zero-order chi connectivity index (χ0) is 27.3. The summed E-state index contributed by atoms with van der Waals surface area (Å²) in [7, 11) is 0. The highest BCUT2D eigenvalue weighted by atomic mass is 35.5. The van der Waals surface area contributed by atoms with Gasteiger partial charge in [0, 0.05) is 62.9 Å². The Kier molecular flexibility index (Phi) is 8.28. The number of nitrogens with one attached hydrogen (secondary N) is 1. The first kappa shape index (κ1) is 26.8. The van der Waals surface area contributed by atoms with Crippen molar-refractivity contribution in [2.75, 3.05) is 26.2 Å². The number of piperazine rings is 1. The zero-order valence-electron chi connectivity index (χ0n) is 22.8. The van der Waals surface area contributed by atoms with Gasteiger partial charge in [-0.15, -0.1) is 0 Å². The number of rotatable bonds is 8. The largest absolute Gasteiger partial charge is 0.354 e. The van der Waals surface area contributed by atoms with E-state index >= 15 is 0 Å². The molecule has 3 heterocycles. The molecule has 0 bridgehead atoms. The van der Waals surface area contributed by atoms with Gasteiger partial charge in [0.05, 0.1) is 17.8 Å². The average molecular weight is 554 g/mol. The predicted molar refractivity (Wildman–Crippen MR) is 159 cm³/mol. The number of pyridine rings is 1. The van der Waals surface area contributed by atoms with Gasteiger partial charge in [-0.2, -0.15) is 0 Å². The first-order valence-corrected chi connectivity index (χ1v) is 14.7. The van der Waals surface area contributed by atoms with Gasteiger partial charge in [-0.3, -0.25) is 14.7 Å². The number of nitrogens with zero attached hydrogens (tertiary/aromatic N) is 4. The van der Waals surface area contributed by atoms with Crippen molar-refractivity contribution in [1.82, 2.24) is 24.7 Å². The fourth-order valence-electron chi connectivity index (χ4n) is 6.20. The van der Waals surface area contributed by atoms with Crippen LogP contribution in [0.3, 0.4) is 0 Å². The molecule has 6 rings (SSSR count). The van der Waals surface area contributed by atoms with Crippen LogP contribution in [0.5, 0.6) is 0 Å². The van der Waals surface area contributed by atoms with Crippen molar-refractivity contribution in [3.8, 4) is 0 Å². The molecule has 0 unspecified atom stereocenters. The minimum atomic E-state index is -0.301. The Labute approximate surface area is 241 Å². The highest BCUT2D eigenvalue weighted by Crippen LogP contribution is 2.39. The van der Waals surface area contributed by atoms with Crippen LogP contribution >= 0.6 is 11.6 Å². The Balaban J connectivity index is 1.25. The summed E-state index contributed by atoms with van der Waals surface area (Å²) in [5.74, 6) is 0.148. The van der Waals surface area contributed by atoms with Crippen molar-refractivity contribution >= 4 is 17.5 Å². The average Bonchev–Trinajstić information content (AvgIpc) is 3.45. The van der Waals surface area contributed by atoms with Crippen LogP contribution in [0.25, 0.3) is 0 Å². The van der Waals surface area contributed by atoms with Gasteiger partial charge in [-0.25, -0.2) is 0 Å². The second-order valence-electron chi connectivity index (χ2n) is 10.8. The number of amides is 1. The van der Waals surface area contributed by atoms with Crippen LogP contribution in [0.15, 0.2) is 91.4 Å². The Hall–Kier alpha value is -3.45. The first-order valence-electron chi connectivity index (χ1n) is 14.3. The molecule has 1 aliphatic heterocycles. The van der Waals surface area contributed by atoms with Gasteiger partial charge in [-0.1, -0.05) is 60.1 Å². The van der Waals surface area contributed by atoms with Gasteiger partial charge in [0.25, 0.3) is 0 Å². The molecule has 0 spiro atoms. The summed E-state index contributed by atoms with van der Waals surface area (Å²) in [6, 6.07) is 24.4. The van der Waals surface area contributed by atoms with Crippen LogP contribution in [0.1, 0.15) is 40.4 Å². The lowest BCUT2D eigenvalue weighted by Gasteiger charge is -2.40. The molecular formula is C33H36ClN5O. The zero-order valence-corrected chi connectivity index (χ0v) is 23.5. The summed E-state index contributed by atoms with van der Waals surface area (Å²) >= 11 is 6.89. The van der Waals surface area contributed by atoms with E-state index in [4.69, 9.17) is 16.6 Å². The maximum atomic E-state index is 14.1. The number of halogens is 1. The standard InChI is InChI=1S/C33H36ClN5O/c34-28-13-6-11-26-14-15-27-12-7-16-36-31(27)32(30(26)28)38-22-17-35-29(24-38)33(40)39(23-25-9-2-1-3-10-25)21-8-20-37-18-4-5-19-37/h1-7,9-13,16,18-19,29,32,35H,8,14-15,17,20-24H2/t29-,32-/m1/s1. The molecule has 2 aliphatic rings. The minimum absolute atomic E-state index is 0.0730. The van der Waals surface area contributed by atoms with Crippen LogP contribution in [0.2, 0.25) is 5.02 Å². The van der Waals surface area contributed by atoms with E-state index < -0.39 is 0 Å². The third-order valence-electron chi connectivity index (χ3n) is 8.17. The van der Waals surface area contributed by atoms with Gasteiger partial charge >= 0.3 is 0 Å². The molecule has 0 saturated carbocycles. The van der Waals surface area contributed by atoms with Crippen molar-refractivity contribution in [2.45, 2.75) is 44.4 Å². The minimum Gasteiger partial charge on any atom is -0.354 e. The number of hydrogen-bond acceptors (Lipinski definition) is 4. The van der Waals surface area contributed by atoms with E-state index in [0.29, 0.717) is 19.6 Å². The SMILES string of the molecule is O=C([C@H]1CN([C@H]2c3ncccc3CCc3cccc(Cl)c32)CCN1)N(CCCn1cccc1)Cc1ccccc1. The molecule has 40 heavy (non-hydrogen) atoms. The molecular weight excluding hydrogens is 518 g/mol. The molecule has 1 saturated heterocycles. The second kappa shape index (κ2) is 12.4. The molecule has 206 valence electrons. The van der Waals surface area contributed by atoms with E-state index in [-0.39, 0.29) is 18.0 Å². The molecule has 1 N–H and O–H groups in total. The van der Waals surface area contributed by atoms with Gasteiger partial charge in [0.1, 0.15) is 0 Å². The van der Waals surface area contributed by atoms with Crippen molar-refractivity contribution in [3.05, 3.63) is 124 Å². The quantitative estimate of drug-likeness (QED) is 0.329. The van der Waals surface area contributed by atoms with Crippen LogP contribution in [0.4, 0.5) is 0 Å². The van der Waals surface area contributed by atoms with Gasteiger partial charge in [-0.05, 0) is 65.8 Å². The number of carbonyl (C=O) groups is 1. The fraction of sp³-hybridized carbons (Fsp3) is 0.333. The third-order valence-corrected chi connectivity index (χ3v) is 8.50.